The second-order valence-electron chi connectivity index (χ2n) is 3.59. The van der Waals surface area contributed by atoms with Crippen LogP contribution in [0.3, 0.4) is 0 Å². The molecule has 0 aliphatic carbocycles. The number of rotatable bonds is 5. The number of hydrogen-bond donors (Lipinski definition) is 1. The smallest absolute Gasteiger partial charge is 0.0797 e. The molecule has 2 aromatic rings. The maximum absolute atomic E-state index is 4.09. The summed E-state index contributed by atoms with van der Waals surface area (Å²) in [6.07, 6.45) is 0.957. The number of nitrogens with one attached hydrogen (secondary N) is 1. The Labute approximate surface area is 99.7 Å². The highest BCUT2D eigenvalue weighted by atomic mass is 32.1. The standard InChI is InChI=1S/C12H15N3S/c1-2-11-12(16-15-14-11)9-13-8-10-6-4-3-5-7-10/h3-7,13H,2,8-9H2,1H3. The Bertz CT molecular complexity index is 425. The zero-order valence-corrected chi connectivity index (χ0v) is 10.1. The van der Waals surface area contributed by atoms with Crippen LogP contribution < -0.4 is 5.32 Å². The lowest BCUT2D eigenvalue weighted by atomic mass is 10.2. The molecule has 0 fully saturated rings. The minimum Gasteiger partial charge on any atom is -0.308 e. The fraction of sp³-hybridized carbons (Fsp3) is 0.333. The molecule has 4 heteroatoms. The first kappa shape index (κ1) is 11.2. The van der Waals surface area contributed by atoms with Gasteiger partial charge in [0.15, 0.2) is 0 Å². The number of hydrogen-bond acceptors (Lipinski definition) is 4. The number of nitrogens with zero attached hydrogens (tertiary/aromatic N) is 2. The highest BCUT2D eigenvalue weighted by Crippen LogP contribution is 2.10. The van der Waals surface area contributed by atoms with Crippen LogP contribution in [0.2, 0.25) is 0 Å². The van der Waals surface area contributed by atoms with Crippen molar-refractivity contribution >= 4 is 11.5 Å². The average Bonchev–Trinajstić information content (AvgIpc) is 2.78. The fourth-order valence-electron chi connectivity index (χ4n) is 1.55. The van der Waals surface area contributed by atoms with Crippen molar-refractivity contribution in [1.29, 1.82) is 0 Å². The molecule has 0 atom stereocenters. The summed E-state index contributed by atoms with van der Waals surface area (Å²) in [5, 5.41) is 7.50. The van der Waals surface area contributed by atoms with Crippen molar-refractivity contribution < 1.29 is 0 Å². The molecule has 0 aliphatic heterocycles. The van der Waals surface area contributed by atoms with E-state index in [0.717, 1.165) is 25.2 Å². The van der Waals surface area contributed by atoms with Gasteiger partial charge in [-0.3, -0.25) is 0 Å². The molecule has 2 rings (SSSR count). The predicted molar refractivity (Wildman–Crippen MR) is 66.3 cm³/mol. The topological polar surface area (TPSA) is 37.8 Å². The summed E-state index contributed by atoms with van der Waals surface area (Å²) in [4.78, 5) is 1.25. The van der Waals surface area contributed by atoms with Crippen LogP contribution in [0.5, 0.6) is 0 Å². The van der Waals surface area contributed by atoms with Gasteiger partial charge < -0.3 is 5.32 Å². The van der Waals surface area contributed by atoms with Gasteiger partial charge in [0, 0.05) is 13.1 Å². The van der Waals surface area contributed by atoms with Crippen LogP contribution in [0.4, 0.5) is 0 Å². The van der Waals surface area contributed by atoms with Crippen molar-refractivity contribution in [1.82, 2.24) is 14.9 Å². The van der Waals surface area contributed by atoms with Crippen LogP contribution >= 0.6 is 11.5 Å². The fourth-order valence-corrected chi connectivity index (χ4v) is 2.24. The van der Waals surface area contributed by atoms with Crippen molar-refractivity contribution in [2.24, 2.45) is 0 Å². The second kappa shape index (κ2) is 5.72. The van der Waals surface area contributed by atoms with Crippen LogP contribution in [-0.4, -0.2) is 9.59 Å². The van der Waals surface area contributed by atoms with E-state index in [2.05, 4.69) is 46.1 Å². The number of aryl methyl sites for hydroxylation is 1. The Morgan fingerprint density at radius 3 is 2.75 bits per heavy atom. The van der Waals surface area contributed by atoms with E-state index in [0.29, 0.717) is 0 Å². The molecular formula is C12H15N3S. The summed E-state index contributed by atoms with van der Waals surface area (Å²) in [6, 6.07) is 10.4. The normalized spacial score (nSPS) is 10.6. The molecule has 1 aromatic heterocycles. The lowest BCUT2D eigenvalue weighted by molar-refractivity contribution is 0.694. The lowest BCUT2D eigenvalue weighted by Crippen LogP contribution is -2.12. The van der Waals surface area contributed by atoms with E-state index in [1.807, 2.05) is 6.07 Å². The molecule has 0 saturated heterocycles. The van der Waals surface area contributed by atoms with Crippen molar-refractivity contribution in [2.45, 2.75) is 26.4 Å². The molecular weight excluding hydrogens is 218 g/mol. The van der Waals surface area contributed by atoms with E-state index in [9.17, 15) is 0 Å². The summed E-state index contributed by atoms with van der Waals surface area (Å²) in [6.45, 7) is 3.86. The average molecular weight is 233 g/mol. The zero-order chi connectivity index (χ0) is 11.2. The van der Waals surface area contributed by atoms with E-state index in [-0.39, 0.29) is 0 Å². The Balaban J connectivity index is 1.85. The van der Waals surface area contributed by atoms with E-state index in [1.54, 1.807) is 0 Å². The molecule has 1 N–H and O–H groups in total. The van der Waals surface area contributed by atoms with Gasteiger partial charge in [0.25, 0.3) is 0 Å². The minimum absolute atomic E-state index is 0.857. The van der Waals surface area contributed by atoms with Crippen molar-refractivity contribution in [2.75, 3.05) is 0 Å². The predicted octanol–water partition coefficient (Wildman–Crippen LogP) is 2.39. The highest BCUT2D eigenvalue weighted by molar-refractivity contribution is 7.05. The summed E-state index contributed by atoms with van der Waals surface area (Å²) >= 11 is 1.49. The van der Waals surface area contributed by atoms with E-state index >= 15 is 0 Å². The van der Waals surface area contributed by atoms with E-state index < -0.39 is 0 Å². The molecule has 0 spiro atoms. The largest absolute Gasteiger partial charge is 0.308 e. The third-order valence-electron chi connectivity index (χ3n) is 2.43. The molecule has 16 heavy (non-hydrogen) atoms. The highest BCUT2D eigenvalue weighted by Gasteiger charge is 2.04. The molecule has 0 bridgehead atoms. The summed E-state index contributed by atoms with van der Waals surface area (Å²) in [7, 11) is 0. The van der Waals surface area contributed by atoms with Gasteiger partial charge in [-0.1, -0.05) is 41.7 Å². The van der Waals surface area contributed by atoms with Crippen LogP contribution in [0.15, 0.2) is 30.3 Å². The molecule has 3 nitrogen and oxygen atoms in total. The Morgan fingerprint density at radius 2 is 2.00 bits per heavy atom. The van der Waals surface area contributed by atoms with Gasteiger partial charge in [-0.25, -0.2) is 0 Å². The molecule has 1 aromatic carbocycles. The third kappa shape index (κ3) is 2.87. The monoisotopic (exact) mass is 233 g/mol. The van der Waals surface area contributed by atoms with Gasteiger partial charge >= 0.3 is 0 Å². The van der Waals surface area contributed by atoms with Gasteiger partial charge in [0.05, 0.1) is 10.6 Å². The summed E-state index contributed by atoms with van der Waals surface area (Å²) in [5.41, 5.74) is 2.42. The Morgan fingerprint density at radius 1 is 1.19 bits per heavy atom. The van der Waals surface area contributed by atoms with Crippen LogP contribution in [-0.2, 0) is 19.5 Å². The molecule has 84 valence electrons. The quantitative estimate of drug-likeness (QED) is 0.861. The van der Waals surface area contributed by atoms with E-state index in [1.165, 1.54) is 22.0 Å². The maximum atomic E-state index is 4.09. The van der Waals surface area contributed by atoms with Crippen molar-refractivity contribution in [3.8, 4) is 0 Å². The van der Waals surface area contributed by atoms with Crippen molar-refractivity contribution in [3.63, 3.8) is 0 Å². The van der Waals surface area contributed by atoms with Gasteiger partial charge in [-0.05, 0) is 23.5 Å². The van der Waals surface area contributed by atoms with E-state index in [4.69, 9.17) is 0 Å². The van der Waals surface area contributed by atoms with Gasteiger partial charge in [0.1, 0.15) is 0 Å². The minimum atomic E-state index is 0.857. The van der Waals surface area contributed by atoms with Gasteiger partial charge in [-0.2, -0.15) is 0 Å². The summed E-state index contributed by atoms with van der Waals surface area (Å²) < 4.78 is 3.97. The first-order valence-corrected chi connectivity index (χ1v) is 6.22. The van der Waals surface area contributed by atoms with Crippen LogP contribution in [0.1, 0.15) is 23.1 Å². The first-order valence-electron chi connectivity index (χ1n) is 5.45. The summed E-state index contributed by atoms with van der Waals surface area (Å²) in [5.74, 6) is 0. The SMILES string of the molecule is CCc1nnsc1CNCc1ccccc1. The maximum Gasteiger partial charge on any atom is 0.0797 e. The Kier molecular flexibility index (Phi) is 4.02. The van der Waals surface area contributed by atoms with Crippen LogP contribution in [0, 0.1) is 0 Å². The third-order valence-corrected chi connectivity index (χ3v) is 3.19. The molecule has 0 radical (unpaired) electrons. The molecule has 0 amide bonds. The zero-order valence-electron chi connectivity index (χ0n) is 9.31. The molecule has 0 saturated carbocycles. The molecule has 0 unspecified atom stereocenters. The van der Waals surface area contributed by atoms with Crippen LogP contribution in [0.25, 0.3) is 0 Å². The second-order valence-corrected chi connectivity index (χ2v) is 4.42. The molecule has 0 aliphatic rings. The Hall–Kier alpha value is -1.26. The van der Waals surface area contributed by atoms with Crippen molar-refractivity contribution in [3.05, 3.63) is 46.5 Å². The molecule has 1 heterocycles. The lowest BCUT2D eigenvalue weighted by Gasteiger charge is -2.03. The van der Waals surface area contributed by atoms with Gasteiger partial charge in [-0.15, -0.1) is 5.10 Å². The van der Waals surface area contributed by atoms with Gasteiger partial charge in [0.2, 0.25) is 0 Å². The number of aromatic nitrogens is 2. The first-order chi connectivity index (χ1) is 7.90. The number of benzene rings is 1.